The third-order valence-corrected chi connectivity index (χ3v) is 4.76. The van der Waals surface area contributed by atoms with Crippen LogP contribution in [0.25, 0.3) is 0 Å². The van der Waals surface area contributed by atoms with Gasteiger partial charge in [-0.2, -0.15) is 5.26 Å². The molecule has 0 aliphatic heterocycles. The zero-order valence-electron chi connectivity index (χ0n) is 16.0. The van der Waals surface area contributed by atoms with Crippen molar-refractivity contribution >= 4 is 46.8 Å². The molecule has 0 radical (unpaired) electrons. The first-order valence-electron chi connectivity index (χ1n) is 8.57. The van der Waals surface area contributed by atoms with E-state index in [4.69, 9.17) is 32.7 Å². The average Bonchev–Trinajstić information content (AvgIpc) is 2.73. The number of nitro benzene ring substituents is 1. The molecule has 0 bridgehead atoms. The summed E-state index contributed by atoms with van der Waals surface area (Å²) < 4.78 is 10.5. The minimum absolute atomic E-state index is 0.0975. The highest BCUT2D eigenvalue weighted by molar-refractivity contribution is 6.35. The zero-order valence-corrected chi connectivity index (χ0v) is 17.6. The maximum absolute atomic E-state index is 12.3. The van der Waals surface area contributed by atoms with Gasteiger partial charge in [0.1, 0.15) is 11.5 Å². The van der Waals surface area contributed by atoms with Gasteiger partial charge in [-0.05, 0) is 30.3 Å². The maximum Gasteiger partial charge on any atom is 0.354 e. The van der Waals surface area contributed by atoms with E-state index in [1.807, 2.05) is 0 Å². The summed E-state index contributed by atoms with van der Waals surface area (Å²) in [4.78, 5) is 46.2. The van der Waals surface area contributed by atoms with Crippen LogP contribution in [0.15, 0.2) is 42.5 Å². The van der Waals surface area contributed by atoms with Crippen LogP contribution in [-0.2, 0) is 14.4 Å². The summed E-state index contributed by atoms with van der Waals surface area (Å²) in [6.45, 7) is 0. The second-order valence-corrected chi connectivity index (χ2v) is 7.11. The maximum atomic E-state index is 12.3. The van der Waals surface area contributed by atoms with Gasteiger partial charge in [0.05, 0.1) is 16.0 Å². The monoisotopic (exact) mass is 498 g/mol. The van der Waals surface area contributed by atoms with Crippen molar-refractivity contribution in [3.8, 4) is 17.6 Å². The number of nitriles is 1. The van der Waals surface area contributed by atoms with E-state index in [2.05, 4.69) is 0 Å². The van der Waals surface area contributed by atoms with Gasteiger partial charge in [0.15, 0.2) is 5.92 Å². The second-order valence-electron chi connectivity index (χ2n) is 6.26. The van der Waals surface area contributed by atoms with Crippen molar-refractivity contribution in [2.24, 2.45) is 5.92 Å². The summed E-state index contributed by atoms with van der Waals surface area (Å²) in [5.41, 5.74) is -3.76. The number of hydrogen-bond donors (Lipinski definition) is 3. The van der Waals surface area contributed by atoms with E-state index in [-0.39, 0.29) is 21.5 Å². The van der Waals surface area contributed by atoms with Gasteiger partial charge in [0.2, 0.25) is 6.10 Å². The Morgan fingerprint density at radius 2 is 1.67 bits per heavy atom. The minimum atomic E-state index is -3.37. The zero-order chi connectivity index (χ0) is 24.9. The van der Waals surface area contributed by atoms with Crippen LogP contribution in [-0.4, -0.2) is 49.9 Å². The third-order valence-electron chi connectivity index (χ3n) is 4.23. The molecule has 2 aromatic rings. The predicted molar refractivity (Wildman–Crippen MR) is 109 cm³/mol. The molecular formula is C19H12Cl2N2O10. The first kappa shape index (κ1) is 25.2. The molecule has 0 saturated carbocycles. The van der Waals surface area contributed by atoms with Gasteiger partial charge >= 0.3 is 17.9 Å². The highest BCUT2D eigenvalue weighted by atomic mass is 35.5. The summed E-state index contributed by atoms with van der Waals surface area (Å²) in [7, 11) is 0. The summed E-state index contributed by atoms with van der Waals surface area (Å²) in [5.74, 6) is -9.70. The number of rotatable bonds is 10. The fourth-order valence-electron chi connectivity index (χ4n) is 2.72. The van der Waals surface area contributed by atoms with E-state index >= 15 is 0 Å². The highest BCUT2D eigenvalue weighted by Crippen LogP contribution is 2.37. The second kappa shape index (κ2) is 10.0. The van der Waals surface area contributed by atoms with E-state index in [9.17, 15) is 45.1 Å². The van der Waals surface area contributed by atoms with E-state index in [1.54, 1.807) is 0 Å². The number of nitrogens with zero attached hydrogens (tertiary/aromatic N) is 2. The van der Waals surface area contributed by atoms with Crippen molar-refractivity contribution in [2.75, 3.05) is 0 Å². The van der Waals surface area contributed by atoms with Crippen molar-refractivity contribution < 1.29 is 44.1 Å². The molecule has 0 aliphatic carbocycles. The molecule has 0 amide bonds. The van der Waals surface area contributed by atoms with Crippen LogP contribution in [0.1, 0.15) is 0 Å². The number of carbonyl (C=O) groups is 3. The molecule has 33 heavy (non-hydrogen) atoms. The number of aliphatic carboxylic acids is 3. The molecule has 0 aliphatic rings. The molecule has 3 atom stereocenters. The number of benzene rings is 2. The lowest BCUT2D eigenvalue weighted by Crippen LogP contribution is -2.65. The first-order chi connectivity index (χ1) is 15.4. The summed E-state index contributed by atoms with van der Waals surface area (Å²) in [5, 5.41) is 49.2. The summed E-state index contributed by atoms with van der Waals surface area (Å²) in [6.07, 6.45) is -2.64. The topological polar surface area (TPSA) is 197 Å². The van der Waals surface area contributed by atoms with Gasteiger partial charge in [0, 0.05) is 17.2 Å². The average molecular weight is 499 g/mol. The Morgan fingerprint density at radius 1 is 1.06 bits per heavy atom. The molecule has 2 rings (SSSR count). The Labute approximate surface area is 194 Å². The fourth-order valence-corrected chi connectivity index (χ4v) is 3.17. The largest absolute Gasteiger partial charge is 0.480 e. The van der Waals surface area contributed by atoms with E-state index in [0.29, 0.717) is 0 Å². The first-order valence-corrected chi connectivity index (χ1v) is 9.33. The van der Waals surface area contributed by atoms with Crippen LogP contribution in [0.5, 0.6) is 11.5 Å². The van der Waals surface area contributed by atoms with Crippen molar-refractivity contribution in [3.05, 3.63) is 62.6 Å². The van der Waals surface area contributed by atoms with Crippen molar-refractivity contribution in [1.29, 1.82) is 5.26 Å². The molecule has 0 aromatic heterocycles. The van der Waals surface area contributed by atoms with Gasteiger partial charge in [-0.3, -0.25) is 14.9 Å². The number of halogens is 2. The number of nitro groups is 1. The minimum Gasteiger partial charge on any atom is -0.480 e. The van der Waals surface area contributed by atoms with E-state index < -0.39 is 46.2 Å². The van der Waals surface area contributed by atoms with Crippen LogP contribution in [0, 0.1) is 27.4 Å². The number of carboxylic acids is 3. The van der Waals surface area contributed by atoms with Crippen molar-refractivity contribution in [3.63, 3.8) is 0 Å². The molecule has 12 nitrogen and oxygen atoms in total. The molecule has 0 heterocycles. The Bertz CT molecular complexity index is 1150. The summed E-state index contributed by atoms with van der Waals surface area (Å²) in [6, 6.07) is 8.36. The van der Waals surface area contributed by atoms with Gasteiger partial charge in [-0.25, -0.2) is 9.59 Å². The van der Waals surface area contributed by atoms with Crippen molar-refractivity contribution in [2.45, 2.75) is 11.7 Å². The highest BCUT2D eigenvalue weighted by Gasteiger charge is 2.63. The van der Waals surface area contributed by atoms with E-state index in [0.717, 1.165) is 36.4 Å². The molecular weight excluding hydrogens is 487 g/mol. The quantitative estimate of drug-likeness (QED) is 0.321. The molecule has 172 valence electrons. The van der Waals surface area contributed by atoms with Gasteiger partial charge in [0.25, 0.3) is 11.3 Å². The van der Waals surface area contributed by atoms with E-state index in [1.165, 1.54) is 12.1 Å². The Hall–Kier alpha value is -4.08. The van der Waals surface area contributed by atoms with Crippen LogP contribution in [0.2, 0.25) is 10.0 Å². The van der Waals surface area contributed by atoms with Crippen LogP contribution in [0.3, 0.4) is 0 Å². The number of hydrogen-bond acceptors (Lipinski definition) is 8. The summed E-state index contributed by atoms with van der Waals surface area (Å²) >= 11 is 11.8. The van der Waals surface area contributed by atoms with Crippen LogP contribution >= 0.6 is 23.2 Å². The Balaban J connectivity index is 2.70. The van der Waals surface area contributed by atoms with Crippen molar-refractivity contribution in [1.82, 2.24) is 0 Å². The molecule has 0 saturated heterocycles. The van der Waals surface area contributed by atoms with Gasteiger partial charge in [-0.15, -0.1) is 0 Å². The number of non-ortho nitro benzene ring substituents is 1. The lowest BCUT2D eigenvalue weighted by atomic mass is 9.82. The normalized spacial score (nSPS) is 14.1. The molecule has 0 fully saturated rings. The van der Waals surface area contributed by atoms with Crippen LogP contribution < -0.4 is 9.47 Å². The third kappa shape index (κ3) is 5.22. The standard InChI is InChI=1S/C19H12Cl2N2O10/c20-9-1-6-14(13(21)7-9)33-19(18(28)29,12(8-22)16(24)25)15(17(26)27)32-11-4-2-10(3-5-11)23(30)31/h1-7,12,15H,(H,24,25)(H,26,27)(H,28,29). The molecule has 0 spiro atoms. The fraction of sp³-hybridized carbons (Fsp3) is 0.158. The number of ether oxygens (including phenoxy) is 2. The molecule has 14 heteroatoms. The Morgan fingerprint density at radius 3 is 2.09 bits per heavy atom. The van der Waals surface area contributed by atoms with Gasteiger partial charge < -0.3 is 24.8 Å². The molecule has 3 N–H and O–H groups in total. The molecule has 3 unspecified atom stereocenters. The predicted octanol–water partition coefficient (Wildman–Crippen LogP) is 2.86. The lowest BCUT2D eigenvalue weighted by Gasteiger charge is -2.36. The number of carboxylic acid groups (broad SMARTS) is 3. The van der Waals surface area contributed by atoms with Gasteiger partial charge in [-0.1, -0.05) is 23.2 Å². The Kier molecular flexibility index (Phi) is 7.65. The van der Waals surface area contributed by atoms with Crippen LogP contribution in [0.4, 0.5) is 5.69 Å². The SMILES string of the molecule is N#CC(C(=O)O)C(Oc1ccc(Cl)cc1Cl)(C(=O)O)C(Oc1ccc([N+](=O)[O-])cc1)C(=O)O. The lowest BCUT2D eigenvalue weighted by molar-refractivity contribution is -0.384. The molecule has 2 aromatic carbocycles. The smallest absolute Gasteiger partial charge is 0.354 e.